The van der Waals surface area contributed by atoms with Gasteiger partial charge in [-0.1, -0.05) is 23.4 Å². The summed E-state index contributed by atoms with van der Waals surface area (Å²) in [6.45, 7) is 2.10. The molecule has 0 saturated carbocycles. The summed E-state index contributed by atoms with van der Waals surface area (Å²) in [5.41, 5.74) is 1.36. The molecule has 0 aromatic heterocycles. The second kappa shape index (κ2) is 5.44. The Bertz CT molecular complexity index is 493. The van der Waals surface area contributed by atoms with Gasteiger partial charge in [0.2, 0.25) is 0 Å². The van der Waals surface area contributed by atoms with Gasteiger partial charge in [0.15, 0.2) is 5.17 Å². The Morgan fingerprint density at radius 3 is 3.06 bits per heavy atom. The Hall–Kier alpha value is -1.18. The van der Waals surface area contributed by atoms with Crippen molar-refractivity contribution in [2.24, 2.45) is 4.99 Å². The predicted molar refractivity (Wildman–Crippen MR) is 73.8 cm³/mol. The van der Waals surface area contributed by atoms with Crippen LogP contribution in [0.25, 0.3) is 0 Å². The molecule has 1 heterocycles. The van der Waals surface area contributed by atoms with E-state index in [4.69, 9.17) is 16.9 Å². The maximum atomic E-state index is 8.75. The van der Waals surface area contributed by atoms with Crippen LogP contribution in [0.2, 0.25) is 5.02 Å². The highest BCUT2D eigenvalue weighted by molar-refractivity contribution is 8.14. The molecular formula is C12H12ClN3S. The molecule has 1 atom stereocenters. The summed E-state index contributed by atoms with van der Waals surface area (Å²) in [4.78, 5) is 4.51. The van der Waals surface area contributed by atoms with Gasteiger partial charge in [0.05, 0.1) is 28.4 Å². The molecular weight excluding hydrogens is 254 g/mol. The van der Waals surface area contributed by atoms with Crippen molar-refractivity contribution >= 4 is 34.2 Å². The van der Waals surface area contributed by atoms with Gasteiger partial charge in [-0.15, -0.1) is 0 Å². The largest absolute Gasteiger partial charge is 0.334 e. The van der Waals surface area contributed by atoms with Crippen molar-refractivity contribution in [1.29, 1.82) is 5.26 Å². The molecule has 88 valence electrons. The maximum absolute atomic E-state index is 8.75. The summed E-state index contributed by atoms with van der Waals surface area (Å²) in [5.74, 6) is 1.07. The zero-order chi connectivity index (χ0) is 12.3. The minimum absolute atomic E-state index is 0.357. The molecule has 3 nitrogen and oxygen atoms in total. The lowest BCUT2D eigenvalue weighted by molar-refractivity contribution is 0.720. The predicted octanol–water partition coefficient (Wildman–Crippen LogP) is 3.50. The van der Waals surface area contributed by atoms with E-state index >= 15 is 0 Å². The van der Waals surface area contributed by atoms with Crippen LogP contribution in [0.4, 0.5) is 5.69 Å². The zero-order valence-corrected chi connectivity index (χ0v) is 11.0. The Morgan fingerprint density at radius 2 is 2.41 bits per heavy atom. The lowest BCUT2D eigenvalue weighted by Crippen LogP contribution is -2.18. The monoisotopic (exact) mass is 265 g/mol. The molecule has 0 fully saturated rings. The van der Waals surface area contributed by atoms with E-state index in [1.54, 1.807) is 23.9 Å². The van der Waals surface area contributed by atoms with Gasteiger partial charge in [-0.2, -0.15) is 5.26 Å². The first kappa shape index (κ1) is 12.3. The molecule has 5 heteroatoms. The highest BCUT2D eigenvalue weighted by Crippen LogP contribution is 2.26. The fraction of sp³-hybridized carbons (Fsp3) is 0.333. The van der Waals surface area contributed by atoms with Gasteiger partial charge < -0.3 is 5.32 Å². The minimum atomic E-state index is 0.357. The lowest BCUT2D eigenvalue weighted by Gasteiger charge is -2.18. The van der Waals surface area contributed by atoms with Crippen LogP contribution in [-0.4, -0.2) is 17.0 Å². The molecule has 1 aliphatic rings. The second-order valence-electron chi connectivity index (χ2n) is 3.85. The van der Waals surface area contributed by atoms with E-state index < -0.39 is 0 Å². The van der Waals surface area contributed by atoms with E-state index in [0.29, 0.717) is 16.6 Å². The van der Waals surface area contributed by atoms with Gasteiger partial charge in [-0.25, -0.2) is 0 Å². The number of anilines is 1. The zero-order valence-electron chi connectivity index (χ0n) is 9.40. The van der Waals surface area contributed by atoms with Crippen molar-refractivity contribution < 1.29 is 0 Å². The van der Waals surface area contributed by atoms with Crippen LogP contribution in [-0.2, 0) is 0 Å². The van der Waals surface area contributed by atoms with Gasteiger partial charge >= 0.3 is 0 Å². The molecule has 0 aliphatic carbocycles. The molecule has 0 amide bonds. The van der Waals surface area contributed by atoms with Gasteiger partial charge in [-0.05, 0) is 31.5 Å². The van der Waals surface area contributed by atoms with E-state index in [0.717, 1.165) is 23.0 Å². The summed E-state index contributed by atoms with van der Waals surface area (Å²) < 4.78 is 0. The van der Waals surface area contributed by atoms with Crippen LogP contribution in [0.1, 0.15) is 18.9 Å². The van der Waals surface area contributed by atoms with Crippen molar-refractivity contribution in [3.8, 4) is 6.07 Å². The first-order valence-corrected chi connectivity index (χ1v) is 6.72. The molecule has 0 saturated heterocycles. The standard InChI is InChI=1S/C12H12ClN3S/c1-8-4-5-17-12(15-8)16-11-3-2-9(7-14)6-10(11)13/h2-3,6,8H,4-5H2,1H3,(H,15,16). The van der Waals surface area contributed by atoms with Gasteiger partial charge in [-0.3, -0.25) is 4.99 Å². The fourth-order valence-electron chi connectivity index (χ4n) is 1.50. The van der Waals surface area contributed by atoms with Crippen molar-refractivity contribution in [2.75, 3.05) is 11.1 Å². The minimum Gasteiger partial charge on any atom is -0.334 e. The molecule has 17 heavy (non-hydrogen) atoms. The number of thioether (sulfide) groups is 1. The number of nitrogens with one attached hydrogen (secondary N) is 1. The molecule has 2 rings (SSSR count). The van der Waals surface area contributed by atoms with E-state index in [-0.39, 0.29) is 0 Å². The molecule has 0 spiro atoms. The van der Waals surface area contributed by atoms with Crippen molar-refractivity contribution in [3.63, 3.8) is 0 Å². The van der Waals surface area contributed by atoms with Crippen LogP contribution in [0.15, 0.2) is 23.2 Å². The number of aliphatic imine (C=N–C) groups is 1. The summed E-state index contributed by atoms with van der Waals surface area (Å²) in [5, 5.41) is 13.4. The quantitative estimate of drug-likeness (QED) is 0.845. The smallest absolute Gasteiger partial charge is 0.161 e. The van der Waals surface area contributed by atoms with Crippen LogP contribution < -0.4 is 5.32 Å². The topological polar surface area (TPSA) is 48.2 Å². The Labute approximate surface area is 110 Å². The van der Waals surface area contributed by atoms with E-state index in [2.05, 4.69) is 23.3 Å². The number of hydrogen-bond acceptors (Lipinski definition) is 4. The molecule has 1 aromatic carbocycles. The number of nitrogens with zero attached hydrogens (tertiary/aromatic N) is 2. The first-order valence-electron chi connectivity index (χ1n) is 5.36. The van der Waals surface area contributed by atoms with Crippen LogP contribution in [0.5, 0.6) is 0 Å². The average Bonchev–Trinajstić information content (AvgIpc) is 2.32. The average molecular weight is 266 g/mol. The van der Waals surface area contributed by atoms with E-state index in [1.165, 1.54) is 0 Å². The molecule has 1 aliphatic heterocycles. The summed E-state index contributed by atoms with van der Waals surface area (Å²) in [6.07, 6.45) is 1.11. The van der Waals surface area contributed by atoms with E-state index in [9.17, 15) is 0 Å². The first-order chi connectivity index (χ1) is 8.19. The third-order valence-corrected chi connectivity index (χ3v) is 3.69. The number of benzene rings is 1. The normalized spacial score (nSPS) is 19.4. The fourth-order valence-corrected chi connectivity index (χ4v) is 2.81. The molecule has 1 unspecified atom stereocenters. The summed E-state index contributed by atoms with van der Waals surface area (Å²) in [6, 6.07) is 7.62. The number of amidine groups is 1. The third-order valence-electron chi connectivity index (χ3n) is 2.45. The molecule has 1 aromatic rings. The van der Waals surface area contributed by atoms with Gasteiger partial charge in [0.1, 0.15) is 0 Å². The number of nitriles is 1. The van der Waals surface area contributed by atoms with Crippen molar-refractivity contribution in [2.45, 2.75) is 19.4 Å². The summed E-state index contributed by atoms with van der Waals surface area (Å²) in [7, 11) is 0. The number of halogens is 1. The molecule has 1 N–H and O–H groups in total. The SMILES string of the molecule is CC1CCSC(Nc2ccc(C#N)cc2Cl)=N1. The van der Waals surface area contributed by atoms with Crippen molar-refractivity contribution in [1.82, 2.24) is 0 Å². The highest BCUT2D eigenvalue weighted by Gasteiger charge is 2.12. The van der Waals surface area contributed by atoms with Crippen LogP contribution in [0, 0.1) is 11.3 Å². The highest BCUT2D eigenvalue weighted by atomic mass is 35.5. The maximum Gasteiger partial charge on any atom is 0.161 e. The van der Waals surface area contributed by atoms with Crippen LogP contribution in [0.3, 0.4) is 0 Å². The Kier molecular flexibility index (Phi) is 3.93. The molecule has 0 bridgehead atoms. The summed E-state index contributed by atoms with van der Waals surface area (Å²) >= 11 is 7.78. The third kappa shape index (κ3) is 3.15. The van der Waals surface area contributed by atoms with Crippen LogP contribution >= 0.6 is 23.4 Å². The number of hydrogen-bond donors (Lipinski definition) is 1. The van der Waals surface area contributed by atoms with Gasteiger partial charge in [0.25, 0.3) is 0 Å². The van der Waals surface area contributed by atoms with Crippen molar-refractivity contribution in [3.05, 3.63) is 28.8 Å². The van der Waals surface area contributed by atoms with E-state index in [1.807, 2.05) is 6.07 Å². The molecule has 0 radical (unpaired) electrons. The number of rotatable bonds is 1. The second-order valence-corrected chi connectivity index (χ2v) is 5.34. The van der Waals surface area contributed by atoms with Gasteiger partial charge in [0, 0.05) is 5.75 Å². The lowest BCUT2D eigenvalue weighted by atomic mass is 10.2. The Morgan fingerprint density at radius 1 is 1.59 bits per heavy atom. The Balaban J connectivity index is 2.16.